The van der Waals surface area contributed by atoms with Crippen molar-refractivity contribution >= 4 is 11.4 Å². The molecule has 24 heavy (non-hydrogen) atoms. The largest absolute Gasteiger partial charge is 0.382 e. The van der Waals surface area contributed by atoms with E-state index in [1.54, 1.807) is 0 Å². The van der Waals surface area contributed by atoms with Gasteiger partial charge in [0.2, 0.25) is 0 Å². The number of aryl methyl sites for hydroxylation is 2. The molecular formula is C22H21NO. The summed E-state index contributed by atoms with van der Waals surface area (Å²) in [7, 11) is 0. The quantitative estimate of drug-likeness (QED) is 0.663. The van der Waals surface area contributed by atoms with Gasteiger partial charge in [0.1, 0.15) is 6.10 Å². The third-order valence-corrected chi connectivity index (χ3v) is 4.12. The Bertz CT molecular complexity index is 818. The van der Waals surface area contributed by atoms with Crippen LogP contribution >= 0.6 is 0 Å². The van der Waals surface area contributed by atoms with E-state index < -0.39 is 6.10 Å². The average molecular weight is 315 g/mol. The summed E-state index contributed by atoms with van der Waals surface area (Å²) in [5.74, 6) is 0. The molecule has 0 amide bonds. The zero-order chi connectivity index (χ0) is 16.9. The zero-order valence-electron chi connectivity index (χ0n) is 14.0. The molecule has 0 saturated carbocycles. The van der Waals surface area contributed by atoms with Crippen LogP contribution in [0.25, 0.3) is 0 Å². The second-order valence-corrected chi connectivity index (χ2v) is 5.92. The number of benzene rings is 3. The first-order chi connectivity index (χ1) is 11.7. The van der Waals surface area contributed by atoms with Gasteiger partial charge in [-0.05, 0) is 36.1 Å². The van der Waals surface area contributed by atoms with E-state index in [0.717, 1.165) is 27.9 Å². The molecule has 0 aromatic heterocycles. The summed E-state index contributed by atoms with van der Waals surface area (Å²) in [4.78, 5) is 4.87. The van der Waals surface area contributed by atoms with E-state index in [4.69, 9.17) is 4.99 Å². The van der Waals surface area contributed by atoms with Gasteiger partial charge in [0, 0.05) is 0 Å². The SMILES string of the molecule is Cc1cccc(C)c1N=C(c1ccccc1)C(O)c1ccccc1. The number of aliphatic hydroxyl groups excluding tert-OH is 1. The molecule has 2 heteroatoms. The predicted octanol–water partition coefficient (Wildman–Crippen LogP) is 5.16. The first-order valence-electron chi connectivity index (χ1n) is 8.10. The molecule has 0 aliphatic carbocycles. The first-order valence-corrected chi connectivity index (χ1v) is 8.10. The summed E-state index contributed by atoms with van der Waals surface area (Å²) in [6, 6.07) is 25.6. The number of aliphatic hydroxyl groups is 1. The molecule has 0 saturated heterocycles. The minimum absolute atomic E-state index is 0.666. The lowest BCUT2D eigenvalue weighted by molar-refractivity contribution is 0.248. The third kappa shape index (κ3) is 3.44. The molecule has 2 nitrogen and oxygen atoms in total. The van der Waals surface area contributed by atoms with Gasteiger partial charge in [-0.1, -0.05) is 78.9 Å². The van der Waals surface area contributed by atoms with Gasteiger partial charge in [0.05, 0.1) is 11.4 Å². The van der Waals surface area contributed by atoms with Crippen LogP contribution in [0.1, 0.15) is 28.4 Å². The standard InChI is InChI=1S/C22H21NO/c1-16-10-9-11-17(2)20(16)23-21(18-12-5-3-6-13-18)22(24)19-14-7-4-8-15-19/h3-15,22,24H,1-2H3. The second kappa shape index (κ2) is 7.24. The van der Waals surface area contributed by atoms with Crippen LogP contribution < -0.4 is 0 Å². The van der Waals surface area contributed by atoms with Crippen molar-refractivity contribution in [2.45, 2.75) is 20.0 Å². The van der Waals surface area contributed by atoms with Crippen LogP contribution in [-0.2, 0) is 0 Å². The minimum Gasteiger partial charge on any atom is -0.382 e. The van der Waals surface area contributed by atoms with E-state index in [1.165, 1.54) is 0 Å². The number of hydrogen-bond donors (Lipinski definition) is 1. The Morgan fingerprint density at radius 3 is 1.88 bits per heavy atom. The number of hydrogen-bond acceptors (Lipinski definition) is 2. The van der Waals surface area contributed by atoms with Crippen LogP contribution in [-0.4, -0.2) is 10.8 Å². The molecule has 0 fully saturated rings. The van der Waals surface area contributed by atoms with E-state index in [-0.39, 0.29) is 0 Å². The lowest BCUT2D eigenvalue weighted by Gasteiger charge is -2.16. The van der Waals surface area contributed by atoms with Crippen molar-refractivity contribution in [2.24, 2.45) is 4.99 Å². The van der Waals surface area contributed by atoms with Crippen LogP contribution in [0.4, 0.5) is 5.69 Å². The van der Waals surface area contributed by atoms with E-state index in [9.17, 15) is 5.11 Å². The Balaban J connectivity index is 2.15. The second-order valence-electron chi connectivity index (χ2n) is 5.92. The van der Waals surface area contributed by atoms with Crippen molar-refractivity contribution in [1.82, 2.24) is 0 Å². The molecular weight excluding hydrogens is 294 g/mol. The fourth-order valence-electron chi connectivity index (χ4n) is 2.79. The van der Waals surface area contributed by atoms with Crippen LogP contribution in [0.15, 0.2) is 83.9 Å². The summed E-state index contributed by atoms with van der Waals surface area (Å²) in [5, 5.41) is 10.9. The van der Waals surface area contributed by atoms with Crippen LogP contribution in [0.5, 0.6) is 0 Å². The van der Waals surface area contributed by atoms with Crippen molar-refractivity contribution in [3.63, 3.8) is 0 Å². The van der Waals surface area contributed by atoms with Gasteiger partial charge in [0.25, 0.3) is 0 Å². The molecule has 0 radical (unpaired) electrons. The molecule has 3 rings (SSSR count). The van der Waals surface area contributed by atoms with E-state index >= 15 is 0 Å². The Hall–Kier alpha value is -2.71. The van der Waals surface area contributed by atoms with Gasteiger partial charge < -0.3 is 5.11 Å². The molecule has 1 N–H and O–H groups in total. The molecule has 0 heterocycles. The van der Waals surface area contributed by atoms with Crippen molar-refractivity contribution in [3.8, 4) is 0 Å². The lowest BCUT2D eigenvalue weighted by atomic mass is 9.98. The van der Waals surface area contributed by atoms with Gasteiger partial charge in [0.15, 0.2) is 0 Å². The number of nitrogens with zero attached hydrogens (tertiary/aromatic N) is 1. The molecule has 1 atom stereocenters. The number of rotatable bonds is 4. The van der Waals surface area contributed by atoms with E-state index in [1.807, 2.05) is 92.7 Å². The molecule has 0 aliphatic heterocycles. The molecule has 0 spiro atoms. The van der Waals surface area contributed by atoms with Gasteiger partial charge in [-0.3, -0.25) is 0 Å². The van der Waals surface area contributed by atoms with Gasteiger partial charge in [-0.2, -0.15) is 0 Å². The highest BCUT2D eigenvalue weighted by atomic mass is 16.3. The molecule has 0 aliphatic rings. The normalized spacial score (nSPS) is 12.9. The first kappa shape index (κ1) is 16.2. The smallest absolute Gasteiger partial charge is 0.122 e. The molecule has 1 unspecified atom stereocenters. The molecule has 3 aromatic rings. The van der Waals surface area contributed by atoms with Crippen LogP contribution in [0.3, 0.4) is 0 Å². The van der Waals surface area contributed by atoms with Crippen LogP contribution in [0.2, 0.25) is 0 Å². The molecule has 0 bridgehead atoms. The van der Waals surface area contributed by atoms with Crippen molar-refractivity contribution < 1.29 is 5.11 Å². The number of para-hydroxylation sites is 1. The highest BCUT2D eigenvalue weighted by Crippen LogP contribution is 2.28. The summed E-state index contributed by atoms with van der Waals surface area (Å²) in [5.41, 5.74) is 5.56. The monoisotopic (exact) mass is 315 g/mol. The highest BCUT2D eigenvalue weighted by Gasteiger charge is 2.18. The summed E-state index contributed by atoms with van der Waals surface area (Å²) in [6.45, 7) is 4.09. The maximum absolute atomic E-state index is 10.9. The lowest BCUT2D eigenvalue weighted by Crippen LogP contribution is -2.13. The highest BCUT2D eigenvalue weighted by molar-refractivity contribution is 6.05. The number of aliphatic imine (C=N–C) groups is 1. The summed E-state index contributed by atoms with van der Waals surface area (Å²) < 4.78 is 0. The maximum Gasteiger partial charge on any atom is 0.122 e. The van der Waals surface area contributed by atoms with E-state index in [0.29, 0.717) is 5.71 Å². The fraction of sp³-hybridized carbons (Fsp3) is 0.136. The van der Waals surface area contributed by atoms with Crippen molar-refractivity contribution in [1.29, 1.82) is 0 Å². The Morgan fingerprint density at radius 2 is 1.29 bits per heavy atom. The van der Waals surface area contributed by atoms with Crippen molar-refractivity contribution in [2.75, 3.05) is 0 Å². The molecule has 120 valence electrons. The maximum atomic E-state index is 10.9. The van der Waals surface area contributed by atoms with Gasteiger partial charge in [-0.25, -0.2) is 4.99 Å². The average Bonchev–Trinajstić information content (AvgIpc) is 2.62. The van der Waals surface area contributed by atoms with Gasteiger partial charge >= 0.3 is 0 Å². The summed E-state index contributed by atoms with van der Waals surface area (Å²) >= 11 is 0. The Kier molecular flexibility index (Phi) is 4.88. The minimum atomic E-state index is -0.771. The zero-order valence-corrected chi connectivity index (χ0v) is 14.0. The fourth-order valence-corrected chi connectivity index (χ4v) is 2.79. The van der Waals surface area contributed by atoms with Crippen LogP contribution in [0, 0.1) is 13.8 Å². The summed E-state index contributed by atoms with van der Waals surface area (Å²) in [6.07, 6.45) is -0.771. The topological polar surface area (TPSA) is 32.6 Å². The van der Waals surface area contributed by atoms with Gasteiger partial charge in [-0.15, -0.1) is 0 Å². The Morgan fingerprint density at radius 1 is 0.750 bits per heavy atom. The van der Waals surface area contributed by atoms with Crippen molar-refractivity contribution in [3.05, 3.63) is 101 Å². The van der Waals surface area contributed by atoms with E-state index in [2.05, 4.69) is 0 Å². The predicted molar refractivity (Wildman–Crippen MR) is 100.0 cm³/mol. The Labute approximate surface area is 143 Å². The molecule has 3 aromatic carbocycles. The third-order valence-electron chi connectivity index (χ3n) is 4.12.